The molecular weight excluding hydrogens is 312 g/mol. The van der Waals surface area contributed by atoms with Gasteiger partial charge in [-0.3, -0.25) is 9.89 Å². The zero-order valence-electron chi connectivity index (χ0n) is 12.3. The molecule has 2 aromatic carbocycles. The fraction of sp³-hybridized carbons (Fsp3) is 0.118. The summed E-state index contributed by atoms with van der Waals surface area (Å²) in [5, 5.41) is 10.3. The molecular formula is C17H15ClN4O. The van der Waals surface area contributed by atoms with E-state index in [9.17, 15) is 4.79 Å². The summed E-state index contributed by atoms with van der Waals surface area (Å²) in [6.07, 6.45) is 0.566. The van der Waals surface area contributed by atoms with Crippen LogP contribution in [0.15, 0.2) is 54.6 Å². The first-order valence-corrected chi connectivity index (χ1v) is 7.61. The first-order valence-electron chi connectivity index (χ1n) is 7.23. The molecule has 6 heteroatoms. The smallest absolute Gasteiger partial charge is 0.252 e. The van der Waals surface area contributed by atoms with Gasteiger partial charge in [0.15, 0.2) is 5.82 Å². The van der Waals surface area contributed by atoms with Crippen LogP contribution in [0.2, 0.25) is 5.02 Å². The molecule has 116 valence electrons. The molecule has 3 aromatic rings. The summed E-state index contributed by atoms with van der Waals surface area (Å²) in [5.74, 6) is 1.18. The van der Waals surface area contributed by atoms with Gasteiger partial charge in [-0.2, -0.15) is 5.10 Å². The van der Waals surface area contributed by atoms with Gasteiger partial charge >= 0.3 is 0 Å². The molecule has 23 heavy (non-hydrogen) atoms. The Morgan fingerprint density at radius 2 is 1.83 bits per heavy atom. The van der Waals surface area contributed by atoms with E-state index in [1.165, 1.54) is 0 Å². The number of nitrogens with zero attached hydrogens (tertiary/aromatic N) is 2. The van der Waals surface area contributed by atoms with Crippen LogP contribution in [-0.4, -0.2) is 27.6 Å². The lowest BCUT2D eigenvalue weighted by Crippen LogP contribution is -2.26. The van der Waals surface area contributed by atoms with Crippen molar-refractivity contribution in [1.82, 2.24) is 20.5 Å². The quantitative estimate of drug-likeness (QED) is 0.757. The van der Waals surface area contributed by atoms with Crippen molar-refractivity contribution in [2.45, 2.75) is 6.42 Å². The Labute approximate surface area is 138 Å². The van der Waals surface area contributed by atoms with Gasteiger partial charge in [-0.05, 0) is 12.1 Å². The summed E-state index contributed by atoms with van der Waals surface area (Å²) in [6, 6.07) is 16.7. The van der Waals surface area contributed by atoms with Crippen molar-refractivity contribution in [1.29, 1.82) is 0 Å². The Morgan fingerprint density at radius 3 is 2.61 bits per heavy atom. The fourth-order valence-corrected chi connectivity index (χ4v) is 2.38. The zero-order chi connectivity index (χ0) is 16.1. The Kier molecular flexibility index (Phi) is 4.68. The van der Waals surface area contributed by atoms with E-state index >= 15 is 0 Å². The number of hydrogen-bond acceptors (Lipinski definition) is 3. The van der Waals surface area contributed by atoms with E-state index in [1.807, 2.05) is 30.3 Å². The molecule has 1 heterocycles. The van der Waals surface area contributed by atoms with E-state index in [0.717, 1.165) is 11.4 Å². The van der Waals surface area contributed by atoms with Crippen LogP contribution in [0.25, 0.3) is 11.4 Å². The Morgan fingerprint density at radius 1 is 1.09 bits per heavy atom. The van der Waals surface area contributed by atoms with Gasteiger partial charge in [0, 0.05) is 18.5 Å². The lowest BCUT2D eigenvalue weighted by Gasteiger charge is -2.05. The normalized spacial score (nSPS) is 10.5. The maximum absolute atomic E-state index is 12.0. The standard InChI is InChI=1S/C17H15ClN4O/c18-14-9-5-4-8-13(14)17(23)19-11-10-15-20-16(22-21-15)12-6-2-1-3-7-12/h1-9H,10-11H2,(H,19,23)(H,20,21,22). The number of carbonyl (C=O) groups excluding carboxylic acids is 1. The van der Waals surface area contributed by atoms with Crippen molar-refractivity contribution < 1.29 is 4.79 Å². The second kappa shape index (κ2) is 7.07. The number of amides is 1. The van der Waals surface area contributed by atoms with E-state index in [-0.39, 0.29) is 5.91 Å². The van der Waals surface area contributed by atoms with Crippen molar-refractivity contribution >= 4 is 17.5 Å². The number of hydrogen-bond donors (Lipinski definition) is 2. The van der Waals surface area contributed by atoms with Gasteiger partial charge in [0.05, 0.1) is 10.6 Å². The highest BCUT2D eigenvalue weighted by Crippen LogP contribution is 2.15. The van der Waals surface area contributed by atoms with Crippen LogP contribution in [0.4, 0.5) is 0 Å². The molecule has 5 nitrogen and oxygen atoms in total. The molecule has 0 atom stereocenters. The Hall–Kier alpha value is -2.66. The molecule has 3 rings (SSSR count). The largest absolute Gasteiger partial charge is 0.352 e. The van der Waals surface area contributed by atoms with E-state index in [4.69, 9.17) is 11.6 Å². The van der Waals surface area contributed by atoms with Crippen molar-refractivity contribution in [2.75, 3.05) is 6.54 Å². The molecule has 0 fully saturated rings. The highest BCUT2D eigenvalue weighted by molar-refractivity contribution is 6.33. The topological polar surface area (TPSA) is 70.7 Å². The summed E-state index contributed by atoms with van der Waals surface area (Å²) in [7, 11) is 0. The third-order valence-electron chi connectivity index (χ3n) is 3.33. The van der Waals surface area contributed by atoms with Crippen molar-refractivity contribution in [2.24, 2.45) is 0 Å². The average molecular weight is 327 g/mol. The van der Waals surface area contributed by atoms with Crippen LogP contribution in [0.3, 0.4) is 0 Å². The van der Waals surface area contributed by atoms with Crippen LogP contribution < -0.4 is 5.32 Å². The molecule has 0 aliphatic carbocycles. The van der Waals surface area contributed by atoms with Gasteiger partial charge in [-0.1, -0.05) is 54.1 Å². The molecule has 0 bridgehead atoms. The summed E-state index contributed by atoms with van der Waals surface area (Å²) in [6.45, 7) is 0.452. The number of halogens is 1. The third-order valence-corrected chi connectivity index (χ3v) is 3.66. The van der Waals surface area contributed by atoms with Gasteiger partial charge in [-0.15, -0.1) is 0 Å². The van der Waals surface area contributed by atoms with Crippen LogP contribution >= 0.6 is 11.6 Å². The molecule has 2 N–H and O–H groups in total. The van der Waals surface area contributed by atoms with Crippen molar-refractivity contribution in [3.8, 4) is 11.4 Å². The lowest BCUT2D eigenvalue weighted by atomic mass is 10.2. The van der Waals surface area contributed by atoms with Crippen molar-refractivity contribution in [3.63, 3.8) is 0 Å². The van der Waals surface area contributed by atoms with Crippen LogP contribution in [0.5, 0.6) is 0 Å². The second-order valence-corrected chi connectivity index (χ2v) is 5.36. The highest BCUT2D eigenvalue weighted by atomic mass is 35.5. The molecule has 0 saturated heterocycles. The number of carbonyl (C=O) groups is 1. The monoisotopic (exact) mass is 326 g/mol. The molecule has 0 aliphatic rings. The molecule has 0 aliphatic heterocycles. The minimum atomic E-state index is -0.196. The number of nitrogens with one attached hydrogen (secondary N) is 2. The number of aromatic amines is 1. The minimum absolute atomic E-state index is 0.196. The number of rotatable bonds is 5. The van der Waals surface area contributed by atoms with Crippen LogP contribution in [0.1, 0.15) is 16.2 Å². The zero-order valence-corrected chi connectivity index (χ0v) is 13.0. The van der Waals surface area contributed by atoms with E-state index < -0.39 is 0 Å². The SMILES string of the molecule is O=C(NCCc1nc(-c2ccccc2)n[nH]1)c1ccccc1Cl. The molecule has 0 unspecified atom stereocenters. The maximum atomic E-state index is 12.0. The first kappa shape index (κ1) is 15.2. The van der Waals surface area contributed by atoms with Crippen LogP contribution in [0, 0.1) is 0 Å². The van der Waals surface area contributed by atoms with Crippen molar-refractivity contribution in [3.05, 3.63) is 71.0 Å². The average Bonchev–Trinajstić information content (AvgIpc) is 3.05. The third kappa shape index (κ3) is 3.76. The molecule has 0 radical (unpaired) electrons. The highest BCUT2D eigenvalue weighted by Gasteiger charge is 2.10. The number of benzene rings is 2. The minimum Gasteiger partial charge on any atom is -0.352 e. The van der Waals surface area contributed by atoms with E-state index in [2.05, 4.69) is 20.5 Å². The molecule has 1 amide bonds. The first-order chi connectivity index (χ1) is 11.2. The number of aromatic nitrogens is 3. The molecule has 1 aromatic heterocycles. The maximum Gasteiger partial charge on any atom is 0.252 e. The predicted molar refractivity (Wildman–Crippen MR) is 89.3 cm³/mol. The van der Waals surface area contributed by atoms with E-state index in [0.29, 0.717) is 29.4 Å². The van der Waals surface area contributed by atoms with Crippen LogP contribution in [-0.2, 0) is 6.42 Å². The van der Waals surface area contributed by atoms with Gasteiger partial charge in [0.25, 0.3) is 5.91 Å². The van der Waals surface area contributed by atoms with Gasteiger partial charge in [0.2, 0.25) is 0 Å². The Balaban J connectivity index is 1.56. The predicted octanol–water partition coefficient (Wildman–Crippen LogP) is 3.10. The van der Waals surface area contributed by atoms with E-state index in [1.54, 1.807) is 24.3 Å². The second-order valence-electron chi connectivity index (χ2n) is 4.96. The molecule has 0 saturated carbocycles. The van der Waals surface area contributed by atoms with Gasteiger partial charge in [-0.25, -0.2) is 4.98 Å². The lowest BCUT2D eigenvalue weighted by molar-refractivity contribution is 0.0954. The molecule has 0 spiro atoms. The Bertz CT molecular complexity index is 801. The number of H-pyrrole nitrogens is 1. The van der Waals surface area contributed by atoms with Gasteiger partial charge in [0.1, 0.15) is 5.82 Å². The van der Waals surface area contributed by atoms with Gasteiger partial charge < -0.3 is 5.32 Å². The summed E-state index contributed by atoms with van der Waals surface area (Å²) < 4.78 is 0. The fourth-order valence-electron chi connectivity index (χ4n) is 2.16. The summed E-state index contributed by atoms with van der Waals surface area (Å²) in [5.41, 5.74) is 1.42. The summed E-state index contributed by atoms with van der Waals surface area (Å²) in [4.78, 5) is 16.5. The summed E-state index contributed by atoms with van der Waals surface area (Å²) >= 11 is 6.00.